The van der Waals surface area contributed by atoms with E-state index >= 15 is 0 Å². The number of hydrogen-bond donors (Lipinski definition) is 1. The van der Waals surface area contributed by atoms with Gasteiger partial charge in [0.2, 0.25) is 0 Å². The van der Waals surface area contributed by atoms with E-state index in [-0.39, 0.29) is 6.04 Å². The van der Waals surface area contributed by atoms with Gasteiger partial charge in [0.15, 0.2) is 0 Å². The first-order valence-corrected chi connectivity index (χ1v) is 8.85. The molecular formula is C16H17Br2ClN2. The molecular weight excluding hydrogens is 415 g/mol. The molecule has 0 aliphatic heterocycles. The summed E-state index contributed by atoms with van der Waals surface area (Å²) in [6, 6.07) is 10.2. The van der Waals surface area contributed by atoms with Gasteiger partial charge in [0, 0.05) is 20.2 Å². The first kappa shape index (κ1) is 16.9. The van der Waals surface area contributed by atoms with Gasteiger partial charge in [0.1, 0.15) is 0 Å². The maximum Gasteiger partial charge on any atom is 0.0577 e. The fourth-order valence-electron chi connectivity index (χ4n) is 2.10. The van der Waals surface area contributed by atoms with Gasteiger partial charge in [-0.05, 0) is 65.1 Å². The Kier molecular flexibility index (Phi) is 6.68. The molecule has 5 heteroatoms. The molecule has 1 unspecified atom stereocenters. The van der Waals surface area contributed by atoms with Gasteiger partial charge in [-0.2, -0.15) is 0 Å². The molecule has 2 rings (SSSR count). The number of benzene rings is 1. The molecule has 0 aliphatic carbocycles. The maximum absolute atomic E-state index is 6.33. The van der Waals surface area contributed by atoms with Crippen molar-refractivity contribution in [3.8, 4) is 0 Å². The lowest BCUT2D eigenvalue weighted by Crippen LogP contribution is -2.25. The molecule has 1 atom stereocenters. The summed E-state index contributed by atoms with van der Waals surface area (Å²) in [5.74, 6) is 0. The highest BCUT2D eigenvalue weighted by molar-refractivity contribution is 9.10. The zero-order valence-electron chi connectivity index (χ0n) is 11.7. The third-order valence-corrected chi connectivity index (χ3v) is 4.50. The molecule has 1 heterocycles. The minimum atomic E-state index is 0.164. The Bertz CT molecular complexity index is 587. The molecule has 0 amide bonds. The molecule has 0 fully saturated rings. The number of aromatic nitrogens is 1. The van der Waals surface area contributed by atoms with Crippen molar-refractivity contribution in [3.63, 3.8) is 0 Å². The van der Waals surface area contributed by atoms with E-state index in [1.807, 2.05) is 30.5 Å². The molecule has 0 saturated carbocycles. The highest BCUT2D eigenvalue weighted by atomic mass is 79.9. The maximum atomic E-state index is 6.33. The first-order valence-electron chi connectivity index (χ1n) is 6.89. The molecule has 1 aromatic carbocycles. The SMILES string of the molecule is CCCNC(Cc1ccc(Br)cc1Cl)c1ccc(Br)cn1. The Morgan fingerprint density at radius 2 is 1.95 bits per heavy atom. The largest absolute Gasteiger partial charge is 0.308 e. The van der Waals surface area contributed by atoms with E-state index in [0.717, 1.165) is 44.6 Å². The summed E-state index contributed by atoms with van der Waals surface area (Å²) in [4.78, 5) is 4.51. The molecule has 0 radical (unpaired) electrons. The molecule has 112 valence electrons. The van der Waals surface area contributed by atoms with Crippen LogP contribution in [-0.4, -0.2) is 11.5 Å². The monoisotopic (exact) mass is 430 g/mol. The van der Waals surface area contributed by atoms with Crippen LogP contribution in [0.4, 0.5) is 0 Å². The molecule has 2 nitrogen and oxygen atoms in total. The summed E-state index contributed by atoms with van der Waals surface area (Å²) in [5.41, 5.74) is 2.16. The van der Waals surface area contributed by atoms with Gasteiger partial charge >= 0.3 is 0 Å². The average Bonchev–Trinajstić information content (AvgIpc) is 2.46. The normalized spacial score (nSPS) is 12.4. The van der Waals surface area contributed by atoms with Gasteiger partial charge in [-0.1, -0.05) is 40.5 Å². The molecule has 0 bridgehead atoms. The Hall–Kier alpha value is -0.420. The third kappa shape index (κ3) is 5.06. The predicted molar refractivity (Wildman–Crippen MR) is 95.8 cm³/mol. The van der Waals surface area contributed by atoms with E-state index < -0.39 is 0 Å². The van der Waals surface area contributed by atoms with Crippen molar-refractivity contribution in [2.75, 3.05) is 6.54 Å². The van der Waals surface area contributed by atoms with Crippen molar-refractivity contribution in [2.24, 2.45) is 0 Å². The van der Waals surface area contributed by atoms with Crippen LogP contribution in [0.15, 0.2) is 45.5 Å². The summed E-state index contributed by atoms with van der Waals surface area (Å²) in [6.45, 7) is 3.11. The van der Waals surface area contributed by atoms with Crippen molar-refractivity contribution in [2.45, 2.75) is 25.8 Å². The van der Waals surface area contributed by atoms with E-state index in [2.05, 4.69) is 55.2 Å². The van der Waals surface area contributed by atoms with Crippen LogP contribution in [0.5, 0.6) is 0 Å². The van der Waals surface area contributed by atoms with E-state index in [0.29, 0.717) is 0 Å². The number of halogens is 3. The van der Waals surface area contributed by atoms with Crippen LogP contribution in [-0.2, 0) is 6.42 Å². The second-order valence-corrected chi connectivity index (χ2v) is 7.09. The van der Waals surface area contributed by atoms with E-state index in [4.69, 9.17) is 11.6 Å². The minimum absolute atomic E-state index is 0.164. The zero-order chi connectivity index (χ0) is 15.2. The second kappa shape index (κ2) is 8.28. The Morgan fingerprint density at radius 3 is 2.57 bits per heavy atom. The van der Waals surface area contributed by atoms with E-state index in [1.54, 1.807) is 0 Å². The molecule has 0 aliphatic rings. The van der Waals surface area contributed by atoms with Crippen molar-refractivity contribution in [1.29, 1.82) is 0 Å². The van der Waals surface area contributed by atoms with Gasteiger partial charge in [-0.25, -0.2) is 0 Å². The number of hydrogen-bond acceptors (Lipinski definition) is 2. The smallest absolute Gasteiger partial charge is 0.0577 e. The molecule has 0 spiro atoms. The van der Waals surface area contributed by atoms with E-state index in [1.165, 1.54) is 0 Å². The number of pyridine rings is 1. The summed E-state index contributed by atoms with van der Waals surface area (Å²) in [6.07, 6.45) is 3.74. The zero-order valence-corrected chi connectivity index (χ0v) is 15.7. The summed E-state index contributed by atoms with van der Waals surface area (Å²) < 4.78 is 1.98. The van der Waals surface area contributed by atoms with Crippen LogP contribution in [0.25, 0.3) is 0 Å². The van der Waals surface area contributed by atoms with Crippen molar-refractivity contribution in [1.82, 2.24) is 10.3 Å². The molecule has 21 heavy (non-hydrogen) atoms. The standard InChI is InChI=1S/C16H17Br2ClN2/c1-2-7-20-16(15-6-5-13(18)10-21-15)8-11-3-4-12(17)9-14(11)19/h3-6,9-10,16,20H,2,7-8H2,1H3. The van der Waals surface area contributed by atoms with Crippen LogP contribution in [0.1, 0.15) is 30.6 Å². The molecule has 1 N–H and O–H groups in total. The van der Waals surface area contributed by atoms with Gasteiger partial charge in [0.25, 0.3) is 0 Å². The second-order valence-electron chi connectivity index (χ2n) is 4.85. The van der Waals surface area contributed by atoms with Crippen LogP contribution in [0.3, 0.4) is 0 Å². The predicted octanol–water partition coefficient (Wildman–Crippen LogP) is 5.54. The van der Waals surface area contributed by atoms with Crippen LogP contribution < -0.4 is 5.32 Å². The number of nitrogens with zero attached hydrogens (tertiary/aromatic N) is 1. The summed E-state index contributed by atoms with van der Waals surface area (Å²) in [7, 11) is 0. The summed E-state index contributed by atoms with van der Waals surface area (Å²) >= 11 is 13.2. The van der Waals surface area contributed by atoms with Crippen molar-refractivity contribution < 1.29 is 0 Å². The van der Waals surface area contributed by atoms with Gasteiger partial charge in [0.05, 0.1) is 11.7 Å². The quantitative estimate of drug-likeness (QED) is 0.648. The van der Waals surface area contributed by atoms with Crippen LogP contribution in [0, 0.1) is 0 Å². The highest BCUT2D eigenvalue weighted by Gasteiger charge is 2.14. The minimum Gasteiger partial charge on any atom is -0.308 e. The molecule has 2 aromatic rings. The van der Waals surface area contributed by atoms with Crippen molar-refractivity contribution >= 4 is 43.5 Å². The Labute approximate surface area is 147 Å². The average molecular weight is 433 g/mol. The lowest BCUT2D eigenvalue weighted by molar-refractivity contribution is 0.518. The van der Waals surface area contributed by atoms with Gasteiger partial charge < -0.3 is 5.32 Å². The highest BCUT2D eigenvalue weighted by Crippen LogP contribution is 2.26. The van der Waals surface area contributed by atoms with Gasteiger partial charge in [-0.15, -0.1) is 0 Å². The third-order valence-electron chi connectivity index (χ3n) is 3.19. The van der Waals surface area contributed by atoms with Gasteiger partial charge in [-0.3, -0.25) is 4.98 Å². The Balaban J connectivity index is 2.21. The topological polar surface area (TPSA) is 24.9 Å². The fourth-order valence-corrected chi connectivity index (χ4v) is 3.09. The molecule has 0 saturated heterocycles. The fraction of sp³-hybridized carbons (Fsp3) is 0.312. The van der Waals surface area contributed by atoms with Crippen molar-refractivity contribution in [3.05, 3.63) is 61.8 Å². The van der Waals surface area contributed by atoms with E-state index in [9.17, 15) is 0 Å². The lowest BCUT2D eigenvalue weighted by atomic mass is 10.0. The number of rotatable bonds is 6. The van der Waals surface area contributed by atoms with Crippen LogP contribution in [0.2, 0.25) is 5.02 Å². The lowest BCUT2D eigenvalue weighted by Gasteiger charge is -2.19. The van der Waals surface area contributed by atoms with Crippen LogP contribution >= 0.6 is 43.5 Å². The summed E-state index contributed by atoms with van der Waals surface area (Å²) in [5, 5.41) is 4.33. The molecule has 1 aromatic heterocycles. The number of nitrogens with one attached hydrogen (secondary N) is 1. The Morgan fingerprint density at radius 1 is 1.19 bits per heavy atom. The first-order chi connectivity index (χ1) is 10.1.